The van der Waals surface area contributed by atoms with Crippen LogP contribution in [0.25, 0.3) is 0 Å². The van der Waals surface area contributed by atoms with Crippen LogP contribution < -0.4 is 16.1 Å². The average Bonchev–Trinajstić information content (AvgIpc) is 2.33. The van der Waals surface area contributed by atoms with Gasteiger partial charge in [-0.15, -0.1) is 0 Å². The fraction of sp³-hybridized carbons (Fsp3) is 0.364. The summed E-state index contributed by atoms with van der Waals surface area (Å²) in [6.45, 7) is 4.06. The minimum Gasteiger partial charge on any atom is -0.369 e. The summed E-state index contributed by atoms with van der Waals surface area (Å²) in [5.41, 5.74) is 2.00. The summed E-state index contributed by atoms with van der Waals surface area (Å²) in [5, 5.41) is 7.48. The molecule has 0 spiro atoms. The lowest BCUT2D eigenvalue weighted by atomic mass is 10.2. The van der Waals surface area contributed by atoms with E-state index in [-0.39, 0.29) is 0 Å². The maximum atomic E-state index is 6.14. The zero-order chi connectivity index (χ0) is 11.4. The molecule has 0 radical (unpaired) electrons. The van der Waals surface area contributed by atoms with Crippen LogP contribution in [0, 0.1) is 0 Å². The fourth-order valence-electron chi connectivity index (χ4n) is 1.82. The molecule has 1 aromatic rings. The van der Waals surface area contributed by atoms with Gasteiger partial charge >= 0.3 is 0 Å². The van der Waals surface area contributed by atoms with Crippen LogP contribution in [-0.2, 0) is 0 Å². The maximum Gasteiger partial charge on any atom is 0.0553 e. The first kappa shape index (κ1) is 11.2. The normalized spacial score (nSPS) is 16.9. The van der Waals surface area contributed by atoms with Crippen molar-refractivity contribution in [3.05, 3.63) is 28.8 Å². The lowest BCUT2D eigenvalue weighted by Gasteiger charge is -2.29. The molecule has 1 saturated heterocycles. The Morgan fingerprint density at radius 1 is 1.38 bits per heavy atom. The van der Waals surface area contributed by atoms with Gasteiger partial charge in [0.2, 0.25) is 0 Å². The fourth-order valence-corrected chi connectivity index (χ4v) is 2.04. The molecule has 3 N–H and O–H groups in total. The second-order valence-corrected chi connectivity index (χ2v) is 4.13. The van der Waals surface area contributed by atoms with Gasteiger partial charge in [-0.1, -0.05) is 11.6 Å². The number of halogens is 1. The summed E-state index contributed by atoms with van der Waals surface area (Å²) in [6.07, 6.45) is 1.56. The lowest BCUT2D eigenvalue weighted by molar-refractivity contribution is 0.589. The van der Waals surface area contributed by atoms with Gasteiger partial charge in [-0.25, -0.2) is 0 Å². The molecule has 86 valence electrons. The Morgan fingerprint density at radius 2 is 2.12 bits per heavy atom. The van der Waals surface area contributed by atoms with Gasteiger partial charge in [-0.05, 0) is 18.2 Å². The summed E-state index contributed by atoms with van der Waals surface area (Å²) in [5.74, 6) is 5.10. The molecule has 1 aliphatic rings. The molecule has 4 nitrogen and oxygen atoms in total. The highest BCUT2D eigenvalue weighted by atomic mass is 35.5. The van der Waals surface area contributed by atoms with Gasteiger partial charge in [0.25, 0.3) is 0 Å². The van der Waals surface area contributed by atoms with Crippen LogP contribution in [0.3, 0.4) is 0 Å². The molecular formula is C11H15ClN4. The van der Waals surface area contributed by atoms with Gasteiger partial charge in [0.1, 0.15) is 0 Å². The molecule has 16 heavy (non-hydrogen) atoms. The first-order valence-electron chi connectivity index (χ1n) is 5.30. The third-order valence-corrected chi connectivity index (χ3v) is 3.01. The third-order valence-electron chi connectivity index (χ3n) is 2.68. The Hall–Kier alpha value is -1.26. The molecule has 2 rings (SSSR count). The van der Waals surface area contributed by atoms with E-state index < -0.39 is 0 Å². The van der Waals surface area contributed by atoms with E-state index in [0.717, 1.165) is 37.4 Å². The smallest absolute Gasteiger partial charge is 0.0553 e. The highest BCUT2D eigenvalue weighted by Gasteiger charge is 2.11. The van der Waals surface area contributed by atoms with Crippen molar-refractivity contribution in [2.75, 3.05) is 31.1 Å². The number of nitrogens with two attached hydrogens (primary N) is 1. The molecule has 1 fully saturated rings. The Kier molecular flexibility index (Phi) is 3.64. The molecule has 5 heteroatoms. The molecule has 0 unspecified atom stereocenters. The van der Waals surface area contributed by atoms with Crippen molar-refractivity contribution >= 4 is 23.5 Å². The van der Waals surface area contributed by atoms with E-state index in [1.54, 1.807) is 6.21 Å². The van der Waals surface area contributed by atoms with E-state index in [1.165, 1.54) is 0 Å². The zero-order valence-electron chi connectivity index (χ0n) is 8.99. The second-order valence-electron chi connectivity index (χ2n) is 3.72. The molecule has 0 atom stereocenters. The van der Waals surface area contributed by atoms with E-state index in [9.17, 15) is 0 Å². The monoisotopic (exact) mass is 238 g/mol. The number of rotatable bonds is 2. The van der Waals surface area contributed by atoms with Crippen LogP contribution in [0.1, 0.15) is 5.56 Å². The summed E-state index contributed by atoms with van der Waals surface area (Å²) >= 11 is 6.14. The van der Waals surface area contributed by atoms with E-state index in [0.29, 0.717) is 5.02 Å². The van der Waals surface area contributed by atoms with Gasteiger partial charge < -0.3 is 16.1 Å². The lowest BCUT2D eigenvalue weighted by Crippen LogP contribution is -2.43. The molecule has 1 heterocycles. The number of hydrazone groups is 1. The van der Waals surface area contributed by atoms with Crippen LogP contribution in [0.15, 0.2) is 23.3 Å². The van der Waals surface area contributed by atoms with Crippen molar-refractivity contribution in [3.8, 4) is 0 Å². The van der Waals surface area contributed by atoms with Gasteiger partial charge in [-0.3, -0.25) is 0 Å². The van der Waals surface area contributed by atoms with Crippen LogP contribution in [-0.4, -0.2) is 32.4 Å². The number of anilines is 1. The van der Waals surface area contributed by atoms with Gasteiger partial charge in [0.05, 0.1) is 11.2 Å². The molecule has 0 aromatic heterocycles. The van der Waals surface area contributed by atoms with Gasteiger partial charge in [-0.2, -0.15) is 5.10 Å². The highest BCUT2D eigenvalue weighted by molar-refractivity contribution is 6.33. The first-order chi connectivity index (χ1) is 7.81. The van der Waals surface area contributed by atoms with Gasteiger partial charge in [0.15, 0.2) is 0 Å². The van der Waals surface area contributed by atoms with Crippen molar-refractivity contribution in [2.24, 2.45) is 10.9 Å². The number of nitrogens with one attached hydrogen (secondary N) is 1. The SMILES string of the molecule is NN=Cc1ccc(N2CCNCC2)cc1Cl. The quantitative estimate of drug-likeness (QED) is 0.460. The molecule has 0 saturated carbocycles. The highest BCUT2D eigenvalue weighted by Crippen LogP contribution is 2.22. The van der Waals surface area contributed by atoms with Crippen molar-refractivity contribution < 1.29 is 0 Å². The van der Waals surface area contributed by atoms with E-state index in [1.807, 2.05) is 18.2 Å². The average molecular weight is 239 g/mol. The Bertz CT molecular complexity index is 386. The van der Waals surface area contributed by atoms with Crippen molar-refractivity contribution in [1.29, 1.82) is 0 Å². The summed E-state index contributed by atoms with van der Waals surface area (Å²) in [4.78, 5) is 2.31. The standard InChI is InChI=1S/C11H15ClN4/c12-11-7-10(2-1-9(11)8-15-13)16-5-3-14-4-6-16/h1-2,7-8,14H,3-6,13H2. The summed E-state index contributed by atoms with van der Waals surface area (Å²) in [7, 11) is 0. The van der Waals surface area contributed by atoms with Crippen LogP contribution in [0.2, 0.25) is 5.02 Å². The van der Waals surface area contributed by atoms with E-state index in [2.05, 4.69) is 15.3 Å². The van der Waals surface area contributed by atoms with E-state index >= 15 is 0 Å². The van der Waals surface area contributed by atoms with Crippen LogP contribution in [0.4, 0.5) is 5.69 Å². The third kappa shape index (κ3) is 2.46. The predicted molar refractivity (Wildman–Crippen MR) is 68.3 cm³/mol. The molecule has 1 aliphatic heterocycles. The maximum absolute atomic E-state index is 6.14. The predicted octanol–water partition coefficient (Wildman–Crippen LogP) is 1.04. The number of piperazine rings is 1. The molecule has 0 bridgehead atoms. The number of hydrogen-bond donors (Lipinski definition) is 2. The second kappa shape index (κ2) is 5.18. The first-order valence-corrected chi connectivity index (χ1v) is 5.67. The summed E-state index contributed by atoms with van der Waals surface area (Å²) in [6, 6.07) is 5.95. The van der Waals surface area contributed by atoms with Crippen LogP contribution >= 0.6 is 11.6 Å². The van der Waals surface area contributed by atoms with Crippen molar-refractivity contribution in [3.63, 3.8) is 0 Å². The number of hydrogen-bond acceptors (Lipinski definition) is 4. The zero-order valence-corrected chi connectivity index (χ0v) is 9.74. The largest absolute Gasteiger partial charge is 0.369 e. The molecule has 0 amide bonds. The minimum atomic E-state index is 0.685. The Labute approximate surface area is 100 Å². The topological polar surface area (TPSA) is 53.6 Å². The van der Waals surface area contributed by atoms with Crippen LogP contribution in [0.5, 0.6) is 0 Å². The number of nitrogens with zero attached hydrogens (tertiary/aromatic N) is 2. The number of benzene rings is 1. The molecule has 0 aliphatic carbocycles. The van der Waals surface area contributed by atoms with Gasteiger partial charge in [0, 0.05) is 37.4 Å². The van der Waals surface area contributed by atoms with E-state index in [4.69, 9.17) is 17.4 Å². The molecule has 1 aromatic carbocycles. The Balaban J connectivity index is 2.19. The minimum absolute atomic E-state index is 0.685. The Morgan fingerprint density at radius 3 is 2.75 bits per heavy atom. The van der Waals surface area contributed by atoms with Crippen molar-refractivity contribution in [2.45, 2.75) is 0 Å². The van der Waals surface area contributed by atoms with Crippen molar-refractivity contribution in [1.82, 2.24) is 5.32 Å². The molecular weight excluding hydrogens is 224 g/mol. The summed E-state index contributed by atoms with van der Waals surface area (Å²) < 4.78 is 0.